The molecule has 0 spiro atoms. The Morgan fingerprint density at radius 2 is 2.43 bits per heavy atom. The van der Waals surface area contributed by atoms with E-state index in [2.05, 4.69) is 0 Å². The number of ether oxygens (including phenoxy) is 1. The van der Waals surface area contributed by atoms with Gasteiger partial charge in [-0.05, 0) is 12.1 Å². The second-order valence-electron chi connectivity index (χ2n) is 3.42. The summed E-state index contributed by atoms with van der Waals surface area (Å²) >= 11 is 0. The molecule has 0 aliphatic carbocycles. The zero-order chi connectivity index (χ0) is 10.1. The largest absolute Gasteiger partial charge is 0.484 e. The number of nitrogens with zero attached hydrogens (tertiary/aromatic N) is 1. The normalized spacial score (nSPS) is 20.2. The molecule has 1 aliphatic heterocycles. The van der Waals surface area contributed by atoms with Gasteiger partial charge in [-0.3, -0.25) is 0 Å². The first-order valence-electron chi connectivity index (χ1n) is 4.49. The van der Waals surface area contributed by atoms with E-state index in [-0.39, 0.29) is 18.5 Å². The molecule has 4 heteroatoms. The van der Waals surface area contributed by atoms with Gasteiger partial charge in [0.2, 0.25) is 0 Å². The maximum Gasteiger partial charge on any atom is 0.143 e. The van der Waals surface area contributed by atoms with Crippen molar-refractivity contribution < 1.29 is 14.2 Å². The van der Waals surface area contributed by atoms with Crippen LogP contribution in [0.2, 0.25) is 0 Å². The number of hydrogen-bond donors (Lipinski definition) is 1. The highest BCUT2D eigenvalue weighted by atomic mass is 19.1. The van der Waals surface area contributed by atoms with E-state index in [9.17, 15) is 4.39 Å². The third kappa shape index (κ3) is 1.53. The summed E-state index contributed by atoms with van der Waals surface area (Å²) in [5.41, 5.74) is 0.731. The summed E-state index contributed by atoms with van der Waals surface area (Å²) in [4.78, 5) is 1.88. The summed E-state index contributed by atoms with van der Waals surface area (Å²) in [6.45, 7) is 0.550. The van der Waals surface area contributed by atoms with Gasteiger partial charge in [0.05, 0.1) is 18.8 Å². The molecule has 1 aliphatic rings. The molecular formula is C10H12FNO2. The molecule has 76 valence electrons. The van der Waals surface area contributed by atoms with Crippen molar-refractivity contribution in [2.45, 2.75) is 6.10 Å². The smallest absolute Gasteiger partial charge is 0.143 e. The van der Waals surface area contributed by atoms with E-state index in [0.29, 0.717) is 12.3 Å². The summed E-state index contributed by atoms with van der Waals surface area (Å²) < 4.78 is 18.4. The fraction of sp³-hybridized carbons (Fsp3) is 0.400. The van der Waals surface area contributed by atoms with E-state index in [1.54, 1.807) is 6.07 Å². The van der Waals surface area contributed by atoms with Crippen LogP contribution in [0.4, 0.5) is 10.1 Å². The van der Waals surface area contributed by atoms with Crippen LogP contribution < -0.4 is 9.64 Å². The molecule has 0 saturated heterocycles. The highest BCUT2D eigenvalue weighted by molar-refractivity contribution is 5.59. The van der Waals surface area contributed by atoms with Gasteiger partial charge in [0.15, 0.2) is 0 Å². The molecule has 0 bridgehead atoms. The third-order valence-corrected chi connectivity index (χ3v) is 2.31. The Balaban J connectivity index is 2.35. The number of rotatable bonds is 1. The molecule has 0 radical (unpaired) electrons. The zero-order valence-corrected chi connectivity index (χ0v) is 7.90. The molecule has 14 heavy (non-hydrogen) atoms. The van der Waals surface area contributed by atoms with E-state index in [1.807, 2.05) is 11.9 Å². The second kappa shape index (κ2) is 3.46. The number of benzene rings is 1. The van der Waals surface area contributed by atoms with Crippen molar-refractivity contribution in [1.82, 2.24) is 0 Å². The number of likely N-dealkylation sites (N-methyl/N-ethyl adjacent to an activating group) is 1. The van der Waals surface area contributed by atoms with Gasteiger partial charge < -0.3 is 14.7 Å². The standard InChI is InChI=1S/C10H12FNO2/c1-12-5-8(6-13)14-10-3-2-7(11)4-9(10)12/h2-4,8,13H,5-6H2,1H3/t8-/m0/s1. The second-order valence-corrected chi connectivity index (χ2v) is 3.42. The molecule has 0 fully saturated rings. The summed E-state index contributed by atoms with van der Waals surface area (Å²) in [6, 6.07) is 4.37. The lowest BCUT2D eigenvalue weighted by Gasteiger charge is -2.32. The van der Waals surface area contributed by atoms with Gasteiger partial charge in [0.1, 0.15) is 17.7 Å². The molecule has 0 amide bonds. The highest BCUT2D eigenvalue weighted by Crippen LogP contribution is 2.32. The summed E-state index contributed by atoms with van der Waals surface area (Å²) in [6.07, 6.45) is -0.224. The first kappa shape index (κ1) is 9.27. The van der Waals surface area contributed by atoms with Crippen LogP contribution in [0.25, 0.3) is 0 Å². The summed E-state index contributed by atoms with van der Waals surface area (Å²) in [5.74, 6) is 0.348. The first-order chi connectivity index (χ1) is 6.70. The van der Waals surface area contributed by atoms with Crippen molar-refractivity contribution in [3.63, 3.8) is 0 Å². The van der Waals surface area contributed by atoms with Crippen molar-refractivity contribution in [2.75, 3.05) is 25.1 Å². The van der Waals surface area contributed by atoms with E-state index >= 15 is 0 Å². The minimum absolute atomic E-state index is 0.0266. The van der Waals surface area contributed by atoms with Crippen LogP contribution in [-0.4, -0.2) is 31.4 Å². The fourth-order valence-corrected chi connectivity index (χ4v) is 1.60. The van der Waals surface area contributed by atoms with Crippen LogP contribution in [0.5, 0.6) is 5.75 Å². The molecule has 1 aromatic carbocycles. The lowest BCUT2D eigenvalue weighted by molar-refractivity contribution is 0.113. The Bertz CT molecular complexity index is 343. The van der Waals surface area contributed by atoms with Crippen molar-refractivity contribution in [1.29, 1.82) is 0 Å². The van der Waals surface area contributed by atoms with Gasteiger partial charge in [-0.25, -0.2) is 4.39 Å². The molecule has 1 heterocycles. The molecule has 1 atom stereocenters. The zero-order valence-electron chi connectivity index (χ0n) is 7.90. The van der Waals surface area contributed by atoms with Crippen LogP contribution in [0.3, 0.4) is 0 Å². The van der Waals surface area contributed by atoms with Gasteiger partial charge in [0, 0.05) is 13.1 Å². The van der Waals surface area contributed by atoms with Gasteiger partial charge in [-0.1, -0.05) is 0 Å². The van der Waals surface area contributed by atoms with Gasteiger partial charge in [-0.2, -0.15) is 0 Å². The number of anilines is 1. The number of hydrogen-bond acceptors (Lipinski definition) is 3. The number of fused-ring (bicyclic) bond motifs is 1. The average molecular weight is 197 g/mol. The third-order valence-electron chi connectivity index (χ3n) is 2.31. The Labute approximate surface area is 81.7 Å². The SMILES string of the molecule is CN1C[C@@H](CO)Oc2ccc(F)cc21. The number of aliphatic hydroxyl groups is 1. The van der Waals surface area contributed by atoms with Crippen molar-refractivity contribution in [3.8, 4) is 5.75 Å². The van der Waals surface area contributed by atoms with E-state index in [4.69, 9.17) is 9.84 Å². The van der Waals surface area contributed by atoms with Gasteiger partial charge in [0.25, 0.3) is 0 Å². The lowest BCUT2D eigenvalue weighted by Crippen LogP contribution is -2.39. The monoisotopic (exact) mass is 197 g/mol. The minimum atomic E-state index is -0.276. The molecule has 0 aromatic heterocycles. The van der Waals surface area contributed by atoms with Gasteiger partial charge >= 0.3 is 0 Å². The van der Waals surface area contributed by atoms with E-state index < -0.39 is 0 Å². The Hall–Kier alpha value is -1.29. The molecule has 2 rings (SSSR count). The average Bonchev–Trinajstić information content (AvgIpc) is 2.19. The number of aliphatic hydroxyl groups excluding tert-OH is 1. The maximum atomic E-state index is 12.9. The quantitative estimate of drug-likeness (QED) is 0.729. The van der Waals surface area contributed by atoms with Crippen LogP contribution in [0.15, 0.2) is 18.2 Å². The predicted octanol–water partition coefficient (Wildman–Crippen LogP) is 1.02. The summed E-state index contributed by atoms with van der Waals surface area (Å²) in [5, 5.41) is 8.96. The van der Waals surface area contributed by atoms with Crippen LogP contribution in [-0.2, 0) is 0 Å². The lowest BCUT2D eigenvalue weighted by atomic mass is 10.2. The molecule has 0 unspecified atom stereocenters. The van der Waals surface area contributed by atoms with Crippen molar-refractivity contribution in [2.24, 2.45) is 0 Å². The molecule has 1 aromatic rings. The molecule has 0 saturated carbocycles. The molecular weight excluding hydrogens is 185 g/mol. The molecule has 1 N–H and O–H groups in total. The van der Waals surface area contributed by atoms with Crippen LogP contribution in [0.1, 0.15) is 0 Å². The maximum absolute atomic E-state index is 12.9. The predicted molar refractivity (Wildman–Crippen MR) is 51.2 cm³/mol. The Morgan fingerprint density at radius 1 is 1.64 bits per heavy atom. The van der Waals surface area contributed by atoms with Crippen molar-refractivity contribution in [3.05, 3.63) is 24.0 Å². The topological polar surface area (TPSA) is 32.7 Å². The highest BCUT2D eigenvalue weighted by Gasteiger charge is 2.22. The Morgan fingerprint density at radius 3 is 3.14 bits per heavy atom. The molecule has 3 nitrogen and oxygen atoms in total. The Kier molecular flexibility index (Phi) is 2.29. The fourth-order valence-electron chi connectivity index (χ4n) is 1.60. The van der Waals surface area contributed by atoms with Crippen LogP contribution in [0, 0.1) is 5.82 Å². The summed E-state index contributed by atoms with van der Waals surface area (Å²) in [7, 11) is 1.85. The van der Waals surface area contributed by atoms with Gasteiger partial charge in [-0.15, -0.1) is 0 Å². The van der Waals surface area contributed by atoms with Crippen molar-refractivity contribution >= 4 is 5.69 Å². The number of halogens is 1. The van der Waals surface area contributed by atoms with E-state index in [1.165, 1.54) is 12.1 Å². The van der Waals surface area contributed by atoms with Crippen LogP contribution >= 0.6 is 0 Å². The van der Waals surface area contributed by atoms with E-state index in [0.717, 1.165) is 5.69 Å². The first-order valence-corrected chi connectivity index (χ1v) is 4.49. The minimum Gasteiger partial charge on any atom is -0.484 e.